The van der Waals surface area contributed by atoms with Crippen LogP contribution in [-0.2, 0) is 0 Å². The highest BCUT2D eigenvalue weighted by atomic mass is 15.3. The first-order chi connectivity index (χ1) is 23.7. The first kappa shape index (κ1) is 45.9. The summed E-state index contributed by atoms with van der Waals surface area (Å²) in [6.07, 6.45) is 40.0. The summed E-state index contributed by atoms with van der Waals surface area (Å²) in [7, 11) is 0. The summed E-state index contributed by atoms with van der Waals surface area (Å²) in [6.45, 7) is 24.8. The summed E-state index contributed by atoms with van der Waals surface area (Å²) in [5, 5.41) is 0. The minimum Gasteiger partial charge on any atom is -0.302 e. The van der Waals surface area contributed by atoms with Crippen molar-refractivity contribution in [3.05, 3.63) is 0 Å². The van der Waals surface area contributed by atoms with Gasteiger partial charge < -0.3 is 14.7 Å². The number of hydrogen-bond acceptors (Lipinski definition) is 4. The van der Waals surface area contributed by atoms with Gasteiger partial charge in [0.1, 0.15) is 0 Å². The van der Waals surface area contributed by atoms with Crippen molar-refractivity contribution in [1.29, 1.82) is 0 Å². The Morgan fingerprint density at radius 1 is 0.271 bits per heavy atom. The van der Waals surface area contributed by atoms with Gasteiger partial charge in [-0.05, 0) is 51.9 Å². The van der Waals surface area contributed by atoms with Crippen LogP contribution < -0.4 is 0 Å². The van der Waals surface area contributed by atoms with E-state index < -0.39 is 0 Å². The zero-order valence-corrected chi connectivity index (χ0v) is 34.1. The quantitative estimate of drug-likeness (QED) is 0.0603. The molecule has 0 bridgehead atoms. The fourth-order valence-corrected chi connectivity index (χ4v) is 7.73. The van der Waals surface area contributed by atoms with E-state index in [2.05, 4.69) is 47.3 Å². The van der Waals surface area contributed by atoms with Gasteiger partial charge in [-0.3, -0.25) is 4.90 Å². The van der Waals surface area contributed by atoms with Crippen LogP contribution in [0.15, 0.2) is 0 Å². The molecule has 1 fully saturated rings. The van der Waals surface area contributed by atoms with Gasteiger partial charge in [0.25, 0.3) is 0 Å². The topological polar surface area (TPSA) is 13.0 Å². The molecule has 48 heavy (non-hydrogen) atoms. The van der Waals surface area contributed by atoms with E-state index in [0.29, 0.717) is 0 Å². The summed E-state index contributed by atoms with van der Waals surface area (Å²) in [6, 6.07) is 0. The third kappa shape index (κ3) is 29.6. The number of nitrogens with zero attached hydrogens (tertiary/aromatic N) is 4. The number of piperazine rings is 1. The summed E-state index contributed by atoms with van der Waals surface area (Å²) in [5.74, 6) is 0. The zero-order valence-electron chi connectivity index (χ0n) is 34.1. The van der Waals surface area contributed by atoms with Crippen molar-refractivity contribution < 1.29 is 0 Å². The minimum atomic E-state index is 1.27. The molecule has 4 nitrogen and oxygen atoms in total. The van der Waals surface area contributed by atoms with Gasteiger partial charge >= 0.3 is 0 Å². The van der Waals surface area contributed by atoms with Gasteiger partial charge in [-0.1, -0.05) is 182 Å². The van der Waals surface area contributed by atoms with Crippen LogP contribution >= 0.6 is 0 Å². The molecule has 4 heteroatoms. The van der Waals surface area contributed by atoms with Crippen LogP contribution in [0.25, 0.3) is 0 Å². The van der Waals surface area contributed by atoms with E-state index in [4.69, 9.17) is 0 Å². The van der Waals surface area contributed by atoms with Crippen molar-refractivity contribution in [2.24, 2.45) is 0 Å². The Morgan fingerprint density at radius 2 is 0.542 bits per heavy atom. The standard InChI is InChI=1S/C44H92N4/c1-5-9-12-15-18-20-22-25-28-30-34-46(35-31-29-26-23-21-19-16-13-10-6-2)39-40-47(36-32-27-24-17-14-11-7-3)41-44-48-42-37-45(33-8-4)38-43-48/h5-44H2,1-4H3. The fourth-order valence-electron chi connectivity index (χ4n) is 7.73. The van der Waals surface area contributed by atoms with Gasteiger partial charge in [0.2, 0.25) is 0 Å². The largest absolute Gasteiger partial charge is 0.302 e. The molecule has 0 saturated carbocycles. The molecule has 1 heterocycles. The molecule has 0 radical (unpaired) electrons. The summed E-state index contributed by atoms with van der Waals surface area (Å²) in [5.41, 5.74) is 0. The third-order valence-corrected chi connectivity index (χ3v) is 11.2. The molecule has 1 rings (SSSR count). The van der Waals surface area contributed by atoms with E-state index in [1.807, 2.05) is 0 Å². The lowest BCUT2D eigenvalue weighted by Gasteiger charge is -2.36. The lowest BCUT2D eigenvalue weighted by atomic mass is 10.1. The SMILES string of the molecule is CCCCCCCCCCCCN(CCCCCCCCCCCC)CCN(CCCCCCCCC)CCN1CCN(CCC)CC1. The predicted octanol–water partition coefficient (Wildman–Crippen LogP) is 12.2. The van der Waals surface area contributed by atoms with Gasteiger partial charge in [-0.15, -0.1) is 0 Å². The number of rotatable bonds is 38. The highest BCUT2D eigenvalue weighted by Gasteiger charge is 2.17. The molecule has 288 valence electrons. The molecule has 0 unspecified atom stereocenters. The Hall–Kier alpha value is -0.160. The highest BCUT2D eigenvalue weighted by Crippen LogP contribution is 2.14. The second-order valence-corrected chi connectivity index (χ2v) is 15.9. The van der Waals surface area contributed by atoms with E-state index in [1.54, 1.807) is 0 Å². The molecule has 1 aliphatic rings. The maximum Gasteiger partial charge on any atom is 0.0110 e. The molecular weight excluding hydrogens is 585 g/mol. The zero-order chi connectivity index (χ0) is 34.6. The van der Waals surface area contributed by atoms with E-state index in [9.17, 15) is 0 Å². The lowest BCUT2D eigenvalue weighted by Crippen LogP contribution is -2.49. The Morgan fingerprint density at radius 3 is 0.854 bits per heavy atom. The molecule has 0 atom stereocenters. The Labute approximate surface area is 304 Å². The van der Waals surface area contributed by atoms with E-state index >= 15 is 0 Å². The van der Waals surface area contributed by atoms with Crippen molar-refractivity contribution in [1.82, 2.24) is 19.6 Å². The number of unbranched alkanes of at least 4 members (excludes halogenated alkanes) is 24. The summed E-state index contributed by atoms with van der Waals surface area (Å²) >= 11 is 0. The first-order valence-electron chi connectivity index (χ1n) is 22.6. The van der Waals surface area contributed by atoms with Crippen LogP contribution in [0.5, 0.6) is 0 Å². The average molecular weight is 677 g/mol. The normalized spacial score (nSPS) is 14.6. The van der Waals surface area contributed by atoms with Crippen LogP contribution in [-0.4, -0.2) is 98.1 Å². The number of hydrogen-bond donors (Lipinski definition) is 0. The molecule has 0 spiro atoms. The molecule has 1 saturated heterocycles. The Bertz CT molecular complexity index is 581. The molecule has 0 aromatic rings. The monoisotopic (exact) mass is 677 g/mol. The van der Waals surface area contributed by atoms with Crippen LogP contribution in [0.3, 0.4) is 0 Å². The maximum absolute atomic E-state index is 2.89. The van der Waals surface area contributed by atoms with Crippen molar-refractivity contribution in [2.45, 2.75) is 207 Å². The molecule has 0 aromatic heterocycles. The molecular formula is C44H92N4. The van der Waals surface area contributed by atoms with Gasteiger partial charge in [0.15, 0.2) is 0 Å². The maximum atomic E-state index is 2.89. The molecule has 0 aliphatic carbocycles. The van der Waals surface area contributed by atoms with Crippen LogP contribution in [0.2, 0.25) is 0 Å². The van der Waals surface area contributed by atoms with E-state index in [0.717, 1.165) is 0 Å². The van der Waals surface area contributed by atoms with Gasteiger partial charge in [-0.2, -0.15) is 0 Å². The van der Waals surface area contributed by atoms with Crippen molar-refractivity contribution in [3.63, 3.8) is 0 Å². The molecule has 1 aliphatic heterocycles. The second-order valence-electron chi connectivity index (χ2n) is 15.9. The summed E-state index contributed by atoms with van der Waals surface area (Å²) < 4.78 is 0. The van der Waals surface area contributed by atoms with Crippen LogP contribution in [0.4, 0.5) is 0 Å². The van der Waals surface area contributed by atoms with Gasteiger partial charge in [0.05, 0.1) is 0 Å². The Kier molecular flexibility index (Phi) is 35.0. The van der Waals surface area contributed by atoms with Crippen molar-refractivity contribution in [2.75, 3.05) is 78.5 Å². The minimum absolute atomic E-state index is 1.27. The lowest BCUT2D eigenvalue weighted by molar-refractivity contribution is 0.114. The smallest absolute Gasteiger partial charge is 0.0110 e. The Balaban J connectivity index is 2.51. The molecule has 0 N–H and O–H groups in total. The van der Waals surface area contributed by atoms with Crippen molar-refractivity contribution in [3.8, 4) is 0 Å². The average Bonchev–Trinajstić information content (AvgIpc) is 3.10. The van der Waals surface area contributed by atoms with Crippen LogP contribution in [0, 0.1) is 0 Å². The first-order valence-corrected chi connectivity index (χ1v) is 22.6. The second kappa shape index (κ2) is 36.6. The van der Waals surface area contributed by atoms with Crippen molar-refractivity contribution >= 4 is 0 Å². The van der Waals surface area contributed by atoms with Crippen LogP contribution in [0.1, 0.15) is 207 Å². The highest BCUT2D eigenvalue weighted by molar-refractivity contribution is 4.74. The van der Waals surface area contributed by atoms with Gasteiger partial charge in [-0.25, -0.2) is 0 Å². The van der Waals surface area contributed by atoms with E-state index in [1.165, 1.54) is 258 Å². The fraction of sp³-hybridized carbons (Fsp3) is 1.00. The van der Waals surface area contributed by atoms with E-state index in [-0.39, 0.29) is 0 Å². The molecule has 0 aromatic carbocycles. The van der Waals surface area contributed by atoms with Gasteiger partial charge in [0, 0.05) is 52.4 Å². The third-order valence-electron chi connectivity index (χ3n) is 11.2. The molecule has 0 amide bonds. The predicted molar refractivity (Wildman–Crippen MR) is 218 cm³/mol. The summed E-state index contributed by atoms with van der Waals surface area (Å²) in [4.78, 5) is 11.2.